The number of aromatic nitrogens is 2. The van der Waals surface area contributed by atoms with Gasteiger partial charge in [0.05, 0.1) is 0 Å². The van der Waals surface area contributed by atoms with E-state index >= 15 is 0 Å². The zero-order chi connectivity index (χ0) is 10.7. The number of ether oxygens (including phenoxy) is 1. The van der Waals surface area contributed by atoms with Crippen LogP contribution in [0.5, 0.6) is 0 Å². The van der Waals surface area contributed by atoms with Gasteiger partial charge >= 0.3 is 6.01 Å². The molecule has 0 radical (unpaired) electrons. The van der Waals surface area contributed by atoms with Crippen LogP contribution in [-0.4, -0.2) is 29.3 Å². The summed E-state index contributed by atoms with van der Waals surface area (Å²) in [6.07, 6.45) is 2.18. The number of anilines is 1. The van der Waals surface area contributed by atoms with E-state index in [0.717, 1.165) is 12.8 Å². The monoisotopic (exact) mass is 211 g/mol. The number of nitrogens with zero attached hydrogens (tertiary/aromatic N) is 2. The van der Waals surface area contributed by atoms with Gasteiger partial charge in [-0.1, -0.05) is 5.10 Å². The van der Waals surface area contributed by atoms with Crippen molar-refractivity contribution in [2.45, 2.75) is 25.7 Å². The molecule has 6 heteroatoms. The number of carbonyl (C=O) groups excluding carboxylic acids is 1. The first-order valence-corrected chi connectivity index (χ1v) is 5.00. The lowest BCUT2D eigenvalue weighted by Crippen LogP contribution is -2.18. The first kappa shape index (κ1) is 10.1. The smallest absolute Gasteiger partial charge is 0.322 e. The first-order valence-electron chi connectivity index (χ1n) is 5.00. The van der Waals surface area contributed by atoms with E-state index in [1.54, 1.807) is 0 Å². The maximum Gasteiger partial charge on any atom is 0.322 e. The summed E-state index contributed by atoms with van der Waals surface area (Å²) in [5.41, 5.74) is 0. The highest BCUT2D eigenvalue weighted by atomic mass is 16.5. The van der Waals surface area contributed by atoms with Crippen molar-refractivity contribution < 1.29 is 13.9 Å². The van der Waals surface area contributed by atoms with E-state index in [-0.39, 0.29) is 18.5 Å². The lowest BCUT2D eigenvalue weighted by Gasteiger charge is -1.99. The molecule has 0 aliphatic heterocycles. The molecular weight excluding hydrogens is 198 g/mol. The molecule has 1 amide bonds. The Morgan fingerprint density at radius 2 is 2.40 bits per heavy atom. The maximum absolute atomic E-state index is 11.2. The topological polar surface area (TPSA) is 77.2 Å². The highest BCUT2D eigenvalue weighted by Crippen LogP contribution is 2.39. The van der Waals surface area contributed by atoms with Crippen molar-refractivity contribution in [1.29, 1.82) is 0 Å². The van der Waals surface area contributed by atoms with Gasteiger partial charge in [-0.2, -0.15) is 0 Å². The third-order valence-corrected chi connectivity index (χ3v) is 2.05. The van der Waals surface area contributed by atoms with E-state index in [1.807, 2.05) is 6.92 Å². The van der Waals surface area contributed by atoms with E-state index < -0.39 is 0 Å². The predicted molar refractivity (Wildman–Crippen MR) is 51.4 cm³/mol. The minimum absolute atomic E-state index is 0.0115. The van der Waals surface area contributed by atoms with Crippen LogP contribution in [0.1, 0.15) is 31.6 Å². The van der Waals surface area contributed by atoms with Crippen molar-refractivity contribution in [2.75, 3.05) is 18.5 Å². The zero-order valence-electron chi connectivity index (χ0n) is 8.52. The Kier molecular flexibility index (Phi) is 2.96. The molecule has 15 heavy (non-hydrogen) atoms. The van der Waals surface area contributed by atoms with Crippen molar-refractivity contribution in [1.82, 2.24) is 10.2 Å². The Bertz CT molecular complexity index is 346. The summed E-state index contributed by atoms with van der Waals surface area (Å²) in [4.78, 5) is 11.2. The van der Waals surface area contributed by atoms with Gasteiger partial charge in [-0.15, -0.1) is 5.10 Å². The molecule has 6 nitrogen and oxygen atoms in total. The fourth-order valence-corrected chi connectivity index (χ4v) is 1.13. The van der Waals surface area contributed by atoms with Crippen LogP contribution >= 0.6 is 0 Å². The maximum atomic E-state index is 11.2. The van der Waals surface area contributed by atoms with Gasteiger partial charge in [-0.05, 0) is 19.8 Å². The normalized spacial score (nSPS) is 15.3. The van der Waals surface area contributed by atoms with Crippen LogP contribution in [0.25, 0.3) is 0 Å². The minimum atomic E-state index is -0.275. The molecule has 1 aliphatic rings. The average Bonchev–Trinajstić information content (AvgIpc) is 2.98. The predicted octanol–water partition coefficient (Wildman–Crippen LogP) is 0.922. The molecule has 0 bridgehead atoms. The zero-order valence-corrected chi connectivity index (χ0v) is 8.52. The highest BCUT2D eigenvalue weighted by Gasteiger charge is 2.29. The van der Waals surface area contributed by atoms with Crippen LogP contribution in [0, 0.1) is 0 Å². The summed E-state index contributed by atoms with van der Waals surface area (Å²) < 4.78 is 10.2. The van der Waals surface area contributed by atoms with Crippen LogP contribution in [0.15, 0.2) is 4.42 Å². The van der Waals surface area contributed by atoms with Gasteiger partial charge in [0, 0.05) is 12.5 Å². The molecule has 1 N–H and O–H groups in total. The second-order valence-corrected chi connectivity index (χ2v) is 3.41. The molecule has 0 saturated heterocycles. The van der Waals surface area contributed by atoms with E-state index in [0.29, 0.717) is 18.4 Å². The van der Waals surface area contributed by atoms with Gasteiger partial charge in [0.2, 0.25) is 5.89 Å². The number of hydrogen-bond donors (Lipinski definition) is 1. The van der Waals surface area contributed by atoms with Crippen LogP contribution in [0.3, 0.4) is 0 Å². The van der Waals surface area contributed by atoms with Crippen molar-refractivity contribution in [3.05, 3.63) is 5.89 Å². The second kappa shape index (κ2) is 4.39. The molecule has 1 aromatic rings. The van der Waals surface area contributed by atoms with Crippen molar-refractivity contribution >= 4 is 11.9 Å². The van der Waals surface area contributed by atoms with Crippen LogP contribution in [-0.2, 0) is 9.53 Å². The molecule has 82 valence electrons. The number of rotatable bonds is 5. The Balaban J connectivity index is 1.84. The van der Waals surface area contributed by atoms with E-state index in [9.17, 15) is 4.79 Å². The number of nitrogens with one attached hydrogen (secondary N) is 1. The fraction of sp³-hybridized carbons (Fsp3) is 0.667. The molecule has 0 atom stereocenters. The summed E-state index contributed by atoms with van der Waals surface area (Å²) in [6, 6.07) is 0.154. The molecule has 2 rings (SSSR count). The van der Waals surface area contributed by atoms with Gasteiger partial charge in [-0.25, -0.2) is 0 Å². The molecule has 1 fully saturated rings. The highest BCUT2D eigenvalue weighted by molar-refractivity contribution is 5.89. The van der Waals surface area contributed by atoms with E-state index in [1.165, 1.54) is 0 Å². The molecule has 1 saturated carbocycles. The fourth-order valence-electron chi connectivity index (χ4n) is 1.13. The summed E-state index contributed by atoms with van der Waals surface area (Å²) >= 11 is 0. The SMILES string of the molecule is CCOCC(=O)Nc1nnc(C2CC2)o1. The first-order chi connectivity index (χ1) is 7.29. The third-order valence-electron chi connectivity index (χ3n) is 2.05. The van der Waals surface area contributed by atoms with Gasteiger partial charge in [0.25, 0.3) is 5.91 Å². The molecule has 0 unspecified atom stereocenters. The third kappa shape index (κ3) is 2.76. The van der Waals surface area contributed by atoms with Gasteiger partial charge < -0.3 is 9.15 Å². The number of amides is 1. The largest absolute Gasteiger partial charge is 0.408 e. The Labute approximate surface area is 87.0 Å². The Morgan fingerprint density at radius 3 is 3.07 bits per heavy atom. The van der Waals surface area contributed by atoms with E-state index in [2.05, 4.69) is 15.5 Å². The quantitative estimate of drug-likeness (QED) is 0.783. The lowest BCUT2D eigenvalue weighted by molar-refractivity contribution is -0.120. The van der Waals surface area contributed by atoms with Crippen LogP contribution in [0.2, 0.25) is 0 Å². The van der Waals surface area contributed by atoms with Crippen LogP contribution in [0.4, 0.5) is 6.01 Å². The van der Waals surface area contributed by atoms with Crippen molar-refractivity contribution in [3.63, 3.8) is 0 Å². The molecule has 1 heterocycles. The van der Waals surface area contributed by atoms with Gasteiger partial charge in [0.1, 0.15) is 6.61 Å². The Morgan fingerprint density at radius 1 is 1.60 bits per heavy atom. The molecule has 0 aromatic carbocycles. The van der Waals surface area contributed by atoms with Crippen molar-refractivity contribution in [2.24, 2.45) is 0 Å². The molecule has 1 aromatic heterocycles. The number of carbonyl (C=O) groups is 1. The minimum Gasteiger partial charge on any atom is -0.408 e. The summed E-state index contributed by atoms with van der Waals surface area (Å²) in [6.45, 7) is 2.34. The van der Waals surface area contributed by atoms with Gasteiger partial charge in [0.15, 0.2) is 0 Å². The average molecular weight is 211 g/mol. The van der Waals surface area contributed by atoms with Gasteiger partial charge in [-0.3, -0.25) is 10.1 Å². The second-order valence-electron chi connectivity index (χ2n) is 3.41. The molecule has 0 spiro atoms. The van der Waals surface area contributed by atoms with Crippen molar-refractivity contribution in [3.8, 4) is 0 Å². The summed E-state index contributed by atoms with van der Waals surface area (Å²) in [5.74, 6) is 0.736. The van der Waals surface area contributed by atoms with Crippen LogP contribution < -0.4 is 5.32 Å². The standard InChI is InChI=1S/C9H13N3O3/c1-2-14-5-7(13)10-9-12-11-8(15-9)6-3-4-6/h6H,2-5H2,1H3,(H,10,12,13). The lowest BCUT2D eigenvalue weighted by atomic mass is 10.4. The Hall–Kier alpha value is -1.43. The van der Waals surface area contributed by atoms with E-state index in [4.69, 9.17) is 9.15 Å². The number of hydrogen-bond acceptors (Lipinski definition) is 5. The summed E-state index contributed by atoms with van der Waals surface area (Å²) in [7, 11) is 0. The molecule has 1 aliphatic carbocycles. The molecular formula is C9H13N3O3. The summed E-state index contributed by atoms with van der Waals surface area (Å²) in [5, 5.41) is 10.0.